The molecule has 2 N–H and O–H groups in total. The van der Waals surface area contributed by atoms with Crippen LogP contribution in [0.15, 0.2) is 4.99 Å². The zero-order valence-electron chi connectivity index (χ0n) is 18.5. The Kier molecular flexibility index (Phi) is 12.0. The van der Waals surface area contributed by atoms with Gasteiger partial charge in [0.1, 0.15) is 0 Å². The van der Waals surface area contributed by atoms with Crippen LogP contribution in [-0.2, 0) is 4.74 Å². The van der Waals surface area contributed by atoms with Gasteiger partial charge in [0.25, 0.3) is 0 Å². The topological polar surface area (TPSA) is 52.1 Å². The van der Waals surface area contributed by atoms with Crippen molar-refractivity contribution >= 4 is 41.7 Å². The lowest BCUT2D eigenvalue weighted by Crippen LogP contribution is -2.60. The fourth-order valence-electron chi connectivity index (χ4n) is 5.01. The van der Waals surface area contributed by atoms with Gasteiger partial charge in [-0.2, -0.15) is 11.8 Å². The highest BCUT2D eigenvalue weighted by molar-refractivity contribution is 14.0. The van der Waals surface area contributed by atoms with Gasteiger partial charge in [-0.05, 0) is 25.7 Å². The van der Waals surface area contributed by atoms with Crippen LogP contribution in [0.2, 0.25) is 0 Å². The molecular weight excluding hydrogens is 497 g/mol. The van der Waals surface area contributed by atoms with Crippen LogP contribution in [0.5, 0.6) is 0 Å². The molecule has 1 saturated carbocycles. The molecule has 0 spiro atoms. The van der Waals surface area contributed by atoms with Crippen LogP contribution in [0.1, 0.15) is 44.9 Å². The number of guanidine groups is 1. The van der Waals surface area contributed by atoms with Crippen molar-refractivity contribution in [2.45, 2.75) is 56.5 Å². The summed E-state index contributed by atoms with van der Waals surface area (Å²) in [5.41, 5.74) is 0.334. The Morgan fingerprint density at radius 3 is 2.41 bits per heavy atom. The van der Waals surface area contributed by atoms with Gasteiger partial charge in [-0.15, -0.1) is 24.0 Å². The lowest BCUT2D eigenvalue weighted by molar-refractivity contribution is 0.0624. The maximum atomic E-state index is 5.21. The van der Waals surface area contributed by atoms with E-state index in [1.165, 1.54) is 69.5 Å². The molecule has 3 aliphatic rings. The molecule has 0 unspecified atom stereocenters. The summed E-state index contributed by atoms with van der Waals surface area (Å²) in [6.45, 7) is 7.70. The highest BCUT2D eigenvalue weighted by atomic mass is 127. The summed E-state index contributed by atoms with van der Waals surface area (Å²) in [4.78, 5) is 9.84. The monoisotopic (exact) mass is 539 g/mol. The highest BCUT2D eigenvalue weighted by Gasteiger charge is 2.38. The molecule has 0 aromatic rings. The normalized spacial score (nSPS) is 24.7. The van der Waals surface area contributed by atoms with E-state index >= 15 is 0 Å². The van der Waals surface area contributed by atoms with Gasteiger partial charge in [0.2, 0.25) is 0 Å². The van der Waals surface area contributed by atoms with Crippen LogP contribution in [-0.4, -0.2) is 98.9 Å². The second-order valence-electron chi connectivity index (χ2n) is 8.56. The first-order valence-electron chi connectivity index (χ1n) is 11.3. The number of methoxy groups -OCH3 is 1. The van der Waals surface area contributed by atoms with Crippen molar-refractivity contribution in [1.29, 1.82) is 0 Å². The van der Waals surface area contributed by atoms with Crippen molar-refractivity contribution in [2.75, 3.05) is 71.5 Å². The average molecular weight is 540 g/mol. The molecule has 6 nitrogen and oxygen atoms in total. The Labute approximate surface area is 199 Å². The van der Waals surface area contributed by atoms with Crippen molar-refractivity contribution in [3.8, 4) is 0 Å². The number of nitrogens with zero attached hydrogens (tertiary/aromatic N) is 3. The smallest absolute Gasteiger partial charge is 0.191 e. The third-order valence-electron chi connectivity index (χ3n) is 6.81. The first-order valence-corrected chi connectivity index (χ1v) is 12.4. The summed E-state index contributed by atoms with van der Waals surface area (Å²) in [6, 6.07) is 0.527. The number of likely N-dealkylation sites (tertiary alicyclic amines) is 1. The molecule has 1 aliphatic carbocycles. The van der Waals surface area contributed by atoms with E-state index in [1.54, 1.807) is 7.11 Å². The third-order valence-corrected chi connectivity index (χ3v) is 7.76. The quantitative estimate of drug-likeness (QED) is 0.295. The zero-order chi connectivity index (χ0) is 19.7. The lowest BCUT2D eigenvalue weighted by Gasteiger charge is -2.48. The Morgan fingerprint density at radius 1 is 1.10 bits per heavy atom. The summed E-state index contributed by atoms with van der Waals surface area (Å²) >= 11 is 2.11. The van der Waals surface area contributed by atoms with E-state index in [4.69, 9.17) is 4.74 Å². The molecule has 0 aromatic carbocycles. The van der Waals surface area contributed by atoms with Crippen molar-refractivity contribution < 1.29 is 4.74 Å². The van der Waals surface area contributed by atoms with Gasteiger partial charge in [0, 0.05) is 76.5 Å². The fraction of sp³-hybridized carbons (Fsp3) is 0.952. The summed E-state index contributed by atoms with van der Waals surface area (Å²) in [5.74, 6) is 3.57. The fourth-order valence-corrected chi connectivity index (χ4v) is 5.91. The minimum atomic E-state index is 0. The Balaban J connectivity index is 0.00000300. The van der Waals surface area contributed by atoms with Gasteiger partial charge in [-0.1, -0.05) is 19.3 Å². The van der Waals surface area contributed by atoms with Crippen LogP contribution < -0.4 is 10.6 Å². The van der Waals surface area contributed by atoms with Crippen LogP contribution >= 0.6 is 35.7 Å². The molecule has 2 saturated heterocycles. The summed E-state index contributed by atoms with van der Waals surface area (Å²) in [7, 11) is 3.69. The van der Waals surface area contributed by atoms with E-state index in [0.717, 1.165) is 38.7 Å². The Hall–Kier alpha value is 0.230. The number of rotatable bonds is 7. The third kappa shape index (κ3) is 7.70. The standard InChI is InChI=1S/C21H41N5OS.HI/c1-22-20(24-19-6-10-25(11-7-19)12-15-27-2)23-18-21(8-4-3-5-9-21)26-13-16-28-17-14-26;/h19H,3-18H2,1-2H3,(H2,22,23,24);1H. The minimum Gasteiger partial charge on any atom is -0.383 e. The summed E-state index contributed by atoms with van der Waals surface area (Å²) in [6.07, 6.45) is 9.17. The van der Waals surface area contributed by atoms with Gasteiger partial charge in [-0.25, -0.2) is 0 Å². The van der Waals surface area contributed by atoms with Gasteiger partial charge >= 0.3 is 0 Å². The molecule has 29 heavy (non-hydrogen) atoms. The van der Waals surface area contributed by atoms with Crippen LogP contribution in [0.3, 0.4) is 0 Å². The lowest BCUT2D eigenvalue weighted by atomic mass is 9.80. The molecule has 0 atom stereocenters. The van der Waals surface area contributed by atoms with Crippen LogP contribution in [0.25, 0.3) is 0 Å². The number of piperidine rings is 1. The number of thioether (sulfide) groups is 1. The van der Waals surface area contributed by atoms with Crippen molar-refractivity contribution in [3.05, 3.63) is 0 Å². The number of nitrogens with one attached hydrogen (secondary N) is 2. The molecule has 2 heterocycles. The van der Waals surface area contributed by atoms with Gasteiger partial charge in [0.15, 0.2) is 5.96 Å². The maximum Gasteiger partial charge on any atom is 0.191 e. The highest BCUT2D eigenvalue weighted by Crippen LogP contribution is 2.34. The molecule has 8 heteroatoms. The van der Waals surface area contributed by atoms with Gasteiger partial charge in [0.05, 0.1) is 6.61 Å². The second-order valence-corrected chi connectivity index (χ2v) is 9.79. The molecule has 0 aromatic heterocycles. The second kappa shape index (κ2) is 13.6. The van der Waals surface area contributed by atoms with Crippen molar-refractivity contribution in [2.24, 2.45) is 4.99 Å². The number of hydrogen-bond acceptors (Lipinski definition) is 5. The van der Waals surface area contributed by atoms with E-state index in [2.05, 4.69) is 37.2 Å². The number of ether oxygens (including phenoxy) is 1. The molecule has 170 valence electrons. The molecule has 2 aliphatic heterocycles. The van der Waals surface area contributed by atoms with E-state index in [9.17, 15) is 0 Å². The average Bonchev–Trinajstić information content (AvgIpc) is 2.77. The van der Waals surface area contributed by atoms with Crippen LogP contribution in [0, 0.1) is 0 Å². The Bertz CT molecular complexity index is 476. The van der Waals surface area contributed by atoms with Crippen molar-refractivity contribution in [3.63, 3.8) is 0 Å². The van der Waals surface area contributed by atoms with E-state index in [0.29, 0.717) is 11.6 Å². The number of hydrogen-bond donors (Lipinski definition) is 2. The predicted octanol–water partition coefficient (Wildman–Crippen LogP) is 2.63. The molecule has 3 fully saturated rings. The van der Waals surface area contributed by atoms with Gasteiger partial charge < -0.3 is 20.3 Å². The minimum absolute atomic E-state index is 0. The first-order chi connectivity index (χ1) is 13.8. The zero-order valence-corrected chi connectivity index (χ0v) is 21.6. The van der Waals surface area contributed by atoms with Crippen molar-refractivity contribution in [1.82, 2.24) is 20.4 Å². The number of aliphatic imine (C=N–C) groups is 1. The van der Waals surface area contributed by atoms with E-state index in [-0.39, 0.29) is 24.0 Å². The molecule has 0 amide bonds. The van der Waals surface area contributed by atoms with Gasteiger partial charge in [-0.3, -0.25) is 9.89 Å². The first kappa shape index (κ1) is 25.5. The predicted molar refractivity (Wildman–Crippen MR) is 136 cm³/mol. The Morgan fingerprint density at radius 2 is 1.79 bits per heavy atom. The maximum absolute atomic E-state index is 5.21. The molecule has 0 radical (unpaired) electrons. The number of halogens is 1. The molecular formula is C21H42IN5OS. The summed E-state index contributed by atoms with van der Waals surface area (Å²) < 4.78 is 5.21. The van der Waals surface area contributed by atoms with Crippen LogP contribution in [0.4, 0.5) is 0 Å². The largest absolute Gasteiger partial charge is 0.383 e. The van der Waals surface area contributed by atoms with E-state index < -0.39 is 0 Å². The SMILES string of the molecule is CN=C(NCC1(N2CCSCC2)CCCCC1)NC1CCN(CCOC)CC1.I. The van der Waals surface area contributed by atoms with E-state index in [1.807, 2.05) is 7.05 Å². The molecule has 3 rings (SSSR count). The molecule has 0 bridgehead atoms. The summed E-state index contributed by atoms with van der Waals surface area (Å²) in [5, 5.41) is 7.43.